The third-order valence-electron chi connectivity index (χ3n) is 4.39. The second-order valence-corrected chi connectivity index (χ2v) is 5.98. The summed E-state index contributed by atoms with van der Waals surface area (Å²) in [5.74, 6) is -0.163. The van der Waals surface area contributed by atoms with Crippen LogP contribution in [0.2, 0.25) is 0 Å². The molecular formula is C15H23N3O2. The fourth-order valence-electron chi connectivity index (χ4n) is 2.69. The van der Waals surface area contributed by atoms with Gasteiger partial charge in [-0.2, -0.15) is 0 Å². The lowest BCUT2D eigenvalue weighted by Crippen LogP contribution is -2.74. The highest BCUT2D eigenvalue weighted by atomic mass is 16.5. The number of pyridine rings is 1. The van der Waals surface area contributed by atoms with Crippen molar-refractivity contribution in [1.29, 1.82) is 0 Å². The third-order valence-corrected chi connectivity index (χ3v) is 4.39. The topological polar surface area (TPSA) is 77.2 Å². The average Bonchev–Trinajstić information content (AvgIpc) is 2.38. The number of aryl methyl sites for hydroxylation is 1. The van der Waals surface area contributed by atoms with Gasteiger partial charge in [0, 0.05) is 36.0 Å². The van der Waals surface area contributed by atoms with Crippen LogP contribution in [0.15, 0.2) is 18.3 Å². The molecule has 0 spiro atoms. The van der Waals surface area contributed by atoms with E-state index in [1.54, 1.807) is 12.3 Å². The Balaban J connectivity index is 2.10. The second kappa shape index (κ2) is 5.14. The van der Waals surface area contributed by atoms with Crippen molar-refractivity contribution < 1.29 is 9.53 Å². The van der Waals surface area contributed by atoms with E-state index in [4.69, 9.17) is 10.5 Å². The van der Waals surface area contributed by atoms with E-state index in [1.165, 1.54) is 0 Å². The smallest absolute Gasteiger partial charge is 0.245 e. The monoisotopic (exact) mass is 277 g/mol. The average molecular weight is 277 g/mol. The van der Waals surface area contributed by atoms with E-state index < -0.39 is 5.54 Å². The van der Waals surface area contributed by atoms with Crippen LogP contribution in [-0.2, 0) is 9.53 Å². The van der Waals surface area contributed by atoms with Gasteiger partial charge in [-0.25, -0.2) is 0 Å². The predicted octanol–water partition coefficient (Wildman–Crippen LogP) is 1.86. The Morgan fingerprint density at radius 2 is 2.30 bits per heavy atom. The zero-order valence-electron chi connectivity index (χ0n) is 12.6. The molecule has 5 nitrogen and oxygen atoms in total. The molecular weight excluding hydrogens is 254 g/mol. The Labute approximate surface area is 119 Å². The summed E-state index contributed by atoms with van der Waals surface area (Å²) in [5.41, 5.74) is 6.62. The van der Waals surface area contributed by atoms with Crippen LogP contribution in [0.5, 0.6) is 0 Å². The maximum atomic E-state index is 12.5. The van der Waals surface area contributed by atoms with Crippen LogP contribution < -0.4 is 11.1 Å². The standard InChI is InChI=1S/C15H23N3O2/c1-5-20-12-9-15(16,14(12,3)4)13(19)18-11-6-7-17-10(2)8-11/h6-8,12H,5,9,16H2,1-4H3,(H,17,18,19). The number of hydrogen-bond donors (Lipinski definition) is 2. The predicted molar refractivity (Wildman–Crippen MR) is 78.3 cm³/mol. The zero-order valence-corrected chi connectivity index (χ0v) is 12.6. The van der Waals surface area contributed by atoms with Crippen LogP contribution in [0.3, 0.4) is 0 Å². The summed E-state index contributed by atoms with van der Waals surface area (Å²) < 4.78 is 5.64. The molecule has 0 radical (unpaired) electrons. The molecule has 0 aliphatic heterocycles. The molecule has 1 aromatic rings. The van der Waals surface area contributed by atoms with E-state index in [2.05, 4.69) is 10.3 Å². The van der Waals surface area contributed by atoms with Crippen molar-refractivity contribution in [3.8, 4) is 0 Å². The minimum absolute atomic E-state index is 0.0300. The molecule has 0 bridgehead atoms. The van der Waals surface area contributed by atoms with Crippen LogP contribution in [-0.4, -0.2) is 29.1 Å². The molecule has 3 N–H and O–H groups in total. The number of carbonyl (C=O) groups excluding carboxylic acids is 1. The number of aromatic nitrogens is 1. The first-order chi connectivity index (χ1) is 9.31. The van der Waals surface area contributed by atoms with Gasteiger partial charge in [0.15, 0.2) is 0 Å². The molecule has 0 aromatic carbocycles. The molecule has 1 aliphatic carbocycles. The number of nitrogens with one attached hydrogen (secondary N) is 1. The lowest BCUT2D eigenvalue weighted by molar-refractivity contribution is -0.166. The second-order valence-electron chi connectivity index (χ2n) is 5.98. The molecule has 2 atom stereocenters. The van der Waals surface area contributed by atoms with Gasteiger partial charge in [-0.15, -0.1) is 0 Å². The Hall–Kier alpha value is -1.46. The quantitative estimate of drug-likeness (QED) is 0.880. The third kappa shape index (κ3) is 2.31. The highest BCUT2D eigenvalue weighted by Gasteiger charge is 2.62. The molecule has 0 saturated heterocycles. The highest BCUT2D eigenvalue weighted by molar-refractivity contribution is 5.99. The first-order valence-electron chi connectivity index (χ1n) is 6.96. The Kier molecular flexibility index (Phi) is 3.84. The van der Waals surface area contributed by atoms with E-state index in [0.29, 0.717) is 13.0 Å². The van der Waals surface area contributed by atoms with Crippen LogP contribution in [0.25, 0.3) is 0 Å². The summed E-state index contributed by atoms with van der Waals surface area (Å²) in [6.07, 6.45) is 2.25. The summed E-state index contributed by atoms with van der Waals surface area (Å²) in [7, 11) is 0. The number of nitrogens with zero attached hydrogens (tertiary/aromatic N) is 1. The van der Waals surface area contributed by atoms with E-state index in [-0.39, 0.29) is 17.4 Å². The molecule has 1 amide bonds. The van der Waals surface area contributed by atoms with Gasteiger partial charge in [0.25, 0.3) is 0 Å². The molecule has 2 rings (SSSR count). The molecule has 1 aliphatic rings. The first kappa shape index (κ1) is 14.9. The minimum atomic E-state index is -0.899. The number of ether oxygens (including phenoxy) is 1. The summed E-state index contributed by atoms with van der Waals surface area (Å²) in [6.45, 7) is 8.43. The number of hydrogen-bond acceptors (Lipinski definition) is 4. The maximum absolute atomic E-state index is 12.5. The molecule has 1 saturated carbocycles. The summed E-state index contributed by atoms with van der Waals surface area (Å²) >= 11 is 0. The van der Waals surface area contributed by atoms with Crippen LogP contribution in [0.4, 0.5) is 5.69 Å². The Bertz CT molecular complexity index is 516. The maximum Gasteiger partial charge on any atom is 0.245 e. The molecule has 20 heavy (non-hydrogen) atoms. The summed E-state index contributed by atoms with van der Waals surface area (Å²) in [6, 6.07) is 3.59. The number of anilines is 1. The largest absolute Gasteiger partial charge is 0.378 e. The summed E-state index contributed by atoms with van der Waals surface area (Å²) in [4.78, 5) is 16.6. The van der Waals surface area contributed by atoms with E-state index in [1.807, 2.05) is 33.8 Å². The van der Waals surface area contributed by atoms with Crippen molar-refractivity contribution in [3.05, 3.63) is 24.0 Å². The van der Waals surface area contributed by atoms with Gasteiger partial charge in [0.2, 0.25) is 5.91 Å². The normalized spacial score (nSPS) is 27.8. The molecule has 5 heteroatoms. The van der Waals surface area contributed by atoms with E-state index >= 15 is 0 Å². The molecule has 1 aromatic heterocycles. The van der Waals surface area contributed by atoms with Crippen molar-refractivity contribution >= 4 is 11.6 Å². The summed E-state index contributed by atoms with van der Waals surface area (Å²) in [5, 5.41) is 2.88. The molecule has 1 heterocycles. The molecule has 2 unspecified atom stereocenters. The van der Waals surface area contributed by atoms with Crippen molar-refractivity contribution in [2.24, 2.45) is 11.1 Å². The molecule has 110 valence electrons. The molecule has 1 fully saturated rings. The van der Waals surface area contributed by atoms with Crippen LogP contribution in [0, 0.1) is 12.3 Å². The van der Waals surface area contributed by atoms with E-state index in [0.717, 1.165) is 11.4 Å². The van der Waals surface area contributed by atoms with Crippen LogP contribution in [0.1, 0.15) is 32.9 Å². The number of amides is 1. The minimum Gasteiger partial charge on any atom is -0.378 e. The van der Waals surface area contributed by atoms with E-state index in [9.17, 15) is 4.79 Å². The lowest BCUT2D eigenvalue weighted by atomic mass is 9.54. The van der Waals surface area contributed by atoms with Crippen molar-refractivity contribution in [2.75, 3.05) is 11.9 Å². The van der Waals surface area contributed by atoms with Gasteiger partial charge in [-0.1, -0.05) is 13.8 Å². The fraction of sp³-hybridized carbons (Fsp3) is 0.600. The van der Waals surface area contributed by atoms with Crippen molar-refractivity contribution in [1.82, 2.24) is 4.98 Å². The van der Waals surface area contributed by atoms with Gasteiger partial charge >= 0.3 is 0 Å². The Morgan fingerprint density at radius 1 is 1.60 bits per heavy atom. The highest BCUT2D eigenvalue weighted by Crippen LogP contribution is 2.50. The van der Waals surface area contributed by atoms with Crippen molar-refractivity contribution in [2.45, 2.75) is 45.8 Å². The van der Waals surface area contributed by atoms with Gasteiger partial charge in [0.1, 0.15) is 5.54 Å². The zero-order chi connectivity index (χ0) is 15.0. The number of rotatable bonds is 4. The van der Waals surface area contributed by atoms with Crippen LogP contribution >= 0.6 is 0 Å². The van der Waals surface area contributed by atoms with Crippen molar-refractivity contribution in [3.63, 3.8) is 0 Å². The van der Waals surface area contributed by atoms with Gasteiger partial charge < -0.3 is 15.8 Å². The number of nitrogens with two attached hydrogens (primary N) is 1. The number of carbonyl (C=O) groups is 1. The first-order valence-corrected chi connectivity index (χ1v) is 6.96. The van der Waals surface area contributed by atoms with Gasteiger partial charge in [-0.3, -0.25) is 9.78 Å². The SMILES string of the molecule is CCOC1CC(N)(C(=O)Nc2ccnc(C)c2)C1(C)C. The van der Waals surface area contributed by atoms with Gasteiger partial charge in [-0.05, 0) is 26.0 Å². The van der Waals surface area contributed by atoms with Gasteiger partial charge in [0.05, 0.1) is 6.10 Å². The fourth-order valence-corrected chi connectivity index (χ4v) is 2.69. The lowest BCUT2D eigenvalue weighted by Gasteiger charge is -2.57. The Morgan fingerprint density at radius 3 is 2.85 bits per heavy atom.